The summed E-state index contributed by atoms with van der Waals surface area (Å²) < 4.78 is 5.57. The zero-order chi connectivity index (χ0) is 11.2. The Bertz CT molecular complexity index is 308. The van der Waals surface area contributed by atoms with E-state index < -0.39 is 0 Å². The average molecular weight is 240 g/mol. The second kappa shape index (κ2) is 6.24. The minimum atomic E-state index is 0.670. The summed E-state index contributed by atoms with van der Waals surface area (Å²) in [4.78, 5) is 0. The lowest BCUT2D eigenvalue weighted by molar-refractivity contribution is 0.117. The third-order valence-corrected chi connectivity index (χ3v) is 3.22. The summed E-state index contributed by atoms with van der Waals surface area (Å²) in [7, 11) is 0. The summed E-state index contributed by atoms with van der Waals surface area (Å²) in [5.41, 5.74) is 1.17. The van der Waals surface area contributed by atoms with Gasteiger partial charge in [0.15, 0.2) is 0 Å². The molecular formula is C13H18ClNO. The van der Waals surface area contributed by atoms with Gasteiger partial charge in [-0.1, -0.05) is 30.2 Å². The molecule has 1 aliphatic carbocycles. The second-order valence-corrected chi connectivity index (χ2v) is 4.70. The molecular weight excluding hydrogens is 222 g/mol. The van der Waals surface area contributed by atoms with Gasteiger partial charge in [0.1, 0.15) is 0 Å². The van der Waals surface area contributed by atoms with Crippen LogP contribution in [-0.4, -0.2) is 19.2 Å². The lowest BCUT2D eigenvalue weighted by Crippen LogP contribution is -2.37. The van der Waals surface area contributed by atoms with Crippen LogP contribution in [0.3, 0.4) is 0 Å². The first-order valence-corrected chi connectivity index (χ1v) is 6.28. The van der Waals surface area contributed by atoms with Gasteiger partial charge in [-0.15, -0.1) is 0 Å². The van der Waals surface area contributed by atoms with Crippen molar-refractivity contribution in [3.63, 3.8) is 0 Å². The van der Waals surface area contributed by atoms with Crippen LogP contribution in [0.25, 0.3) is 0 Å². The topological polar surface area (TPSA) is 21.3 Å². The van der Waals surface area contributed by atoms with Gasteiger partial charge in [-0.25, -0.2) is 0 Å². The molecule has 88 valence electrons. The molecule has 0 amide bonds. The molecule has 1 aromatic carbocycles. The highest BCUT2D eigenvalue weighted by Gasteiger charge is 2.15. The van der Waals surface area contributed by atoms with Crippen molar-refractivity contribution in [1.29, 1.82) is 0 Å². The van der Waals surface area contributed by atoms with E-state index in [9.17, 15) is 0 Å². The third kappa shape index (κ3) is 3.78. The molecule has 1 aromatic rings. The minimum Gasteiger partial charge on any atom is -0.375 e. The molecule has 0 saturated heterocycles. The Morgan fingerprint density at radius 2 is 2.00 bits per heavy atom. The fourth-order valence-electron chi connectivity index (χ4n) is 1.72. The van der Waals surface area contributed by atoms with Crippen molar-refractivity contribution in [2.45, 2.75) is 31.9 Å². The smallest absolute Gasteiger partial charge is 0.0717 e. The molecule has 1 fully saturated rings. The van der Waals surface area contributed by atoms with Crippen molar-refractivity contribution in [3.05, 3.63) is 34.9 Å². The molecule has 0 radical (unpaired) electrons. The molecule has 16 heavy (non-hydrogen) atoms. The predicted octanol–water partition coefficient (Wildman–Crippen LogP) is 3.00. The molecule has 1 aliphatic rings. The predicted molar refractivity (Wildman–Crippen MR) is 66.7 cm³/mol. The lowest BCUT2D eigenvalue weighted by Gasteiger charge is -2.26. The zero-order valence-electron chi connectivity index (χ0n) is 9.42. The van der Waals surface area contributed by atoms with Crippen LogP contribution in [0.4, 0.5) is 0 Å². The summed E-state index contributed by atoms with van der Waals surface area (Å²) in [5.74, 6) is 0. The molecule has 2 rings (SSSR count). The van der Waals surface area contributed by atoms with E-state index in [1.165, 1.54) is 24.8 Å². The van der Waals surface area contributed by atoms with Gasteiger partial charge in [0.2, 0.25) is 0 Å². The Morgan fingerprint density at radius 3 is 2.62 bits per heavy atom. The van der Waals surface area contributed by atoms with Crippen LogP contribution >= 0.6 is 11.6 Å². The number of halogens is 1. The molecule has 3 heteroatoms. The molecule has 1 saturated carbocycles. The van der Waals surface area contributed by atoms with Crippen LogP contribution in [0.2, 0.25) is 5.02 Å². The first kappa shape index (κ1) is 11.9. The Kier molecular flexibility index (Phi) is 4.64. The highest BCUT2D eigenvalue weighted by atomic mass is 35.5. The fraction of sp³-hybridized carbons (Fsp3) is 0.538. The van der Waals surface area contributed by atoms with E-state index in [1.807, 2.05) is 24.3 Å². The molecule has 0 unspecified atom stereocenters. The van der Waals surface area contributed by atoms with Gasteiger partial charge < -0.3 is 10.1 Å². The van der Waals surface area contributed by atoms with E-state index in [-0.39, 0.29) is 0 Å². The summed E-state index contributed by atoms with van der Waals surface area (Å²) in [5, 5.41) is 4.24. The van der Waals surface area contributed by atoms with E-state index in [1.54, 1.807) is 0 Å². The number of ether oxygens (including phenoxy) is 1. The molecule has 2 nitrogen and oxygen atoms in total. The first-order valence-electron chi connectivity index (χ1n) is 5.90. The van der Waals surface area contributed by atoms with E-state index >= 15 is 0 Å². The van der Waals surface area contributed by atoms with Gasteiger partial charge >= 0.3 is 0 Å². The monoisotopic (exact) mass is 239 g/mol. The van der Waals surface area contributed by atoms with Crippen LogP contribution < -0.4 is 5.32 Å². The van der Waals surface area contributed by atoms with E-state index in [0.717, 1.165) is 24.2 Å². The molecule has 0 aromatic heterocycles. The Balaban J connectivity index is 1.55. The number of hydrogen-bond acceptors (Lipinski definition) is 2. The van der Waals surface area contributed by atoms with Gasteiger partial charge in [0, 0.05) is 17.6 Å². The quantitative estimate of drug-likeness (QED) is 0.771. The normalized spacial score (nSPS) is 16.1. The van der Waals surface area contributed by atoms with Crippen LogP contribution in [0, 0.1) is 0 Å². The number of nitrogens with one attached hydrogen (secondary N) is 1. The number of hydrogen-bond donors (Lipinski definition) is 1. The zero-order valence-corrected chi connectivity index (χ0v) is 10.2. The third-order valence-electron chi connectivity index (χ3n) is 2.97. The van der Waals surface area contributed by atoms with Crippen LogP contribution in [-0.2, 0) is 11.3 Å². The Hall–Kier alpha value is -0.570. The highest BCUT2D eigenvalue weighted by molar-refractivity contribution is 6.30. The molecule has 0 atom stereocenters. The van der Waals surface area contributed by atoms with Crippen molar-refractivity contribution in [2.24, 2.45) is 0 Å². The van der Waals surface area contributed by atoms with Crippen LogP contribution in [0.5, 0.6) is 0 Å². The second-order valence-electron chi connectivity index (χ2n) is 4.26. The summed E-state index contributed by atoms with van der Waals surface area (Å²) in [6.45, 7) is 2.40. The van der Waals surface area contributed by atoms with Crippen molar-refractivity contribution in [3.8, 4) is 0 Å². The van der Waals surface area contributed by atoms with E-state index in [2.05, 4.69) is 5.32 Å². The van der Waals surface area contributed by atoms with Gasteiger partial charge in [0.25, 0.3) is 0 Å². The number of rotatable bonds is 6. The molecule has 1 N–H and O–H groups in total. The largest absolute Gasteiger partial charge is 0.375 e. The van der Waals surface area contributed by atoms with Crippen molar-refractivity contribution < 1.29 is 4.74 Å². The fourth-order valence-corrected chi connectivity index (χ4v) is 1.84. The standard InChI is InChI=1S/C13H18ClNO/c14-12-6-4-11(5-7-12)10-16-9-8-15-13-2-1-3-13/h4-7,13,15H,1-3,8-10H2. The molecule has 0 spiro atoms. The van der Waals surface area contributed by atoms with E-state index in [4.69, 9.17) is 16.3 Å². The summed E-state index contributed by atoms with van der Waals surface area (Å²) >= 11 is 5.80. The SMILES string of the molecule is Clc1ccc(COCCNC2CCC2)cc1. The molecule has 0 aliphatic heterocycles. The minimum absolute atomic E-state index is 0.670. The lowest BCUT2D eigenvalue weighted by atomic mass is 9.93. The highest BCUT2D eigenvalue weighted by Crippen LogP contribution is 2.17. The van der Waals surface area contributed by atoms with Gasteiger partial charge in [0.05, 0.1) is 13.2 Å². The van der Waals surface area contributed by atoms with Crippen molar-refractivity contribution in [2.75, 3.05) is 13.2 Å². The van der Waals surface area contributed by atoms with Gasteiger partial charge in [-0.2, -0.15) is 0 Å². The maximum Gasteiger partial charge on any atom is 0.0717 e. The van der Waals surface area contributed by atoms with Gasteiger partial charge in [-0.3, -0.25) is 0 Å². The van der Waals surface area contributed by atoms with Crippen molar-refractivity contribution in [1.82, 2.24) is 5.32 Å². The van der Waals surface area contributed by atoms with Crippen molar-refractivity contribution >= 4 is 11.6 Å². The summed E-state index contributed by atoms with van der Waals surface area (Å²) in [6, 6.07) is 8.54. The molecule has 0 bridgehead atoms. The maximum absolute atomic E-state index is 5.80. The maximum atomic E-state index is 5.80. The van der Waals surface area contributed by atoms with E-state index in [0.29, 0.717) is 6.61 Å². The molecule has 0 heterocycles. The summed E-state index contributed by atoms with van der Waals surface area (Å²) in [6.07, 6.45) is 4.04. The average Bonchev–Trinajstić information content (AvgIpc) is 2.23. The van der Waals surface area contributed by atoms with Crippen LogP contribution in [0.15, 0.2) is 24.3 Å². The number of benzene rings is 1. The van der Waals surface area contributed by atoms with Gasteiger partial charge in [-0.05, 0) is 30.5 Å². The Labute approximate surface area is 102 Å². The first-order chi connectivity index (χ1) is 7.84. The Morgan fingerprint density at radius 1 is 1.25 bits per heavy atom. The van der Waals surface area contributed by atoms with Crippen LogP contribution in [0.1, 0.15) is 24.8 Å².